The first-order chi connectivity index (χ1) is 26.0. The van der Waals surface area contributed by atoms with Crippen molar-refractivity contribution in [1.29, 1.82) is 0 Å². The van der Waals surface area contributed by atoms with Gasteiger partial charge in [-0.15, -0.1) is 0 Å². The molecule has 2 unspecified atom stereocenters. The highest BCUT2D eigenvalue weighted by molar-refractivity contribution is 5.70. The van der Waals surface area contributed by atoms with Crippen LogP contribution in [0.25, 0.3) is 0 Å². The van der Waals surface area contributed by atoms with E-state index in [9.17, 15) is 14.4 Å². The first-order valence-corrected chi connectivity index (χ1v) is 22.5. The molecule has 320 valence electrons. The molecule has 1 N–H and O–H groups in total. The molecule has 0 fully saturated rings. The van der Waals surface area contributed by atoms with Gasteiger partial charge >= 0.3 is 18.0 Å². The van der Waals surface area contributed by atoms with Gasteiger partial charge in [-0.2, -0.15) is 0 Å². The average Bonchev–Trinajstić information content (AvgIpc) is 3.14. The Balaban J connectivity index is 4.56. The number of hydrogen-bond acceptors (Lipinski definition) is 8. The molecule has 54 heavy (non-hydrogen) atoms. The summed E-state index contributed by atoms with van der Waals surface area (Å²) in [6.07, 6.45) is 28.8. The predicted molar refractivity (Wildman–Crippen MR) is 222 cm³/mol. The number of carbonyl (C=O) groups is 3. The van der Waals surface area contributed by atoms with Crippen molar-refractivity contribution in [2.75, 3.05) is 33.5 Å². The molecule has 0 aliphatic heterocycles. The fraction of sp³-hybridized carbons (Fsp3) is 0.933. The lowest BCUT2D eigenvalue weighted by atomic mass is 9.99. The minimum atomic E-state index is -0.625. The fourth-order valence-corrected chi connectivity index (χ4v) is 6.36. The first kappa shape index (κ1) is 52.1. The lowest BCUT2D eigenvalue weighted by Gasteiger charge is -2.30. The Morgan fingerprint density at radius 1 is 0.574 bits per heavy atom. The molecular weight excluding hydrogens is 682 g/mol. The monoisotopic (exact) mass is 770 g/mol. The predicted octanol–water partition coefficient (Wildman–Crippen LogP) is 12.4. The van der Waals surface area contributed by atoms with Crippen molar-refractivity contribution in [2.45, 2.75) is 239 Å². The maximum Gasteiger partial charge on any atom is 0.407 e. The van der Waals surface area contributed by atoms with Crippen LogP contribution in [0.5, 0.6) is 0 Å². The molecule has 9 heteroatoms. The lowest BCUT2D eigenvalue weighted by Crippen LogP contribution is -2.34. The smallest absolute Gasteiger partial charge is 0.407 e. The summed E-state index contributed by atoms with van der Waals surface area (Å²) < 4.78 is 28.4. The maximum atomic E-state index is 12.7. The van der Waals surface area contributed by atoms with Crippen molar-refractivity contribution in [2.24, 2.45) is 0 Å². The van der Waals surface area contributed by atoms with Crippen LogP contribution in [0.4, 0.5) is 4.79 Å². The second-order valence-corrected chi connectivity index (χ2v) is 16.3. The quantitative estimate of drug-likeness (QED) is 0.0374. The van der Waals surface area contributed by atoms with Crippen LogP contribution in [-0.4, -0.2) is 68.8 Å². The van der Waals surface area contributed by atoms with Crippen LogP contribution in [0.3, 0.4) is 0 Å². The SMILES string of the molecule is CCCCCCCCCCCCCC(=O)OCC(CCNC(=O)OCCC(C)(C)OCCC(C)(CC)OC)OC(=O)CCCCCCCCCCCCC. The van der Waals surface area contributed by atoms with Crippen LogP contribution in [0.15, 0.2) is 0 Å². The molecule has 9 nitrogen and oxygen atoms in total. The number of esters is 2. The minimum absolute atomic E-state index is 0.0107. The van der Waals surface area contributed by atoms with Gasteiger partial charge in [-0.3, -0.25) is 9.59 Å². The van der Waals surface area contributed by atoms with Crippen molar-refractivity contribution in [3.63, 3.8) is 0 Å². The zero-order valence-electron chi connectivity index (χ0n) is 36.5. The van der Waals surface area contributed by atoms with Gasteiger partial charge in [0.25, 0.3) is 0 Å². The summed E-state index contributed by atoms with van der Waals surface area (Å²) in [6.45, 7) is 13.6. The van der Waals surface area contributed by atoms with E-state index in [0.29, 0.717) is 32.3 Å². The van der Waals surface area contributed by atoms with Gasteiger partial charge in [0.1, 0.15) is 12.7 Å². The second-order valence-electron chi connectivity index (χ2n) is 16.3. The van der Waals surface area contributed by atoms with Gasteiger partial charge in [0, 0.05) is 39.3 Å². The van der Waals surface area contributed by atoms with Crippen LogP contribution in [0, 0.1) is 0 Å². The van der Waals surface area contributed by atoms with E-state index >= 15 is 0 Å². The summed E-state index contributed by atoms with van der Waals surface area (Å²) >= 11 is 0. The zero-order valence-corrected chi connectivity index (χ0v) is 36.5. The Morgan fingerprint density at radius 3 is 1.50 bits per heavy atom. The molecule has 0 spiro atoms. The molecule has 0 aliphatic rings. The summed E-state index contributed by atoms with van der Waals surface area (Å²) in [5, 5.41) is 2.75. The van der Waals surface area contributed by atoms with Crippen LogP contribution >= 0.6 is 0 Å². The molecule has 0 radical (unpaired) electrons. The third kappa shape index (κ3) is 33.5. The van der Waals surface area contributed by atoms with Crippen molar-refractivity contribution >= 4 is 18.0 Å². The van der Waals surface area contributed by atoms with E-state index in [1.165, 1.54) is 103 Å². The van der Waals surface area contributed by atoms with Gasteiger partial charge < -0.3 is 29.0 Å². The number of alkyl carbamates (subject to hydrolysis) is 1. The number of ether oxygens (including phenoxy) is 5. The van der Waals surface area contributed by atoms with Crippen LogP contribution in [0.1, 0.15) is 221 Å². The molecule has 1 amide bonds. The Kier molecular flexibility index (Phi) is 34.3. The molecule has 0 aromatic heterocycles. The second kappa shape index (κ2) is 35.5. The van der Waals surface area contributed by atoms with Crippen molar-refractivity contribution in [3.8, 4) is 0 Å². The van der Waals surface area contributed by atoms with E-state index in [1.54, 1.807) is 7.11 Å². The van der Waals surface area contributed by atoms with Gasteiger partial charge in [-0.05, 0) is 46.5 Å². The molecular formula is C45H87NO8. The van der Waals surface area contributed by atoms with Gasteiger partial charge in [0.05, 0.1) is 24.4 Å². The van der Waals surface area contributed by atoms with E-state index in [1.807, 2.05) is 13.8 Å². The zero-order chi connectivity index (χ0) is 40.2. The fourth-order valence-electron chi connectivity index (χ4n) is 6.36. The number of rotatable bonds is 39. The van der Waals surface area contributed by atoms with Gasteiger partial charge in [0.2, 0.25) is 0 Å². The Labute approximate surface area is 332 Å². The van der Waals surface area contributed by atoms with Crippen LogP contribution < -0.4 is 5.32 Å². The number of methoxy groups -OCH3 is 1. The highest BCUT2D eigenvalue weighted by Gasteiger charge is 2.25. The lowest BCUT2D eigenvalue weighted by molar-refractivity contribution is -0.159. The summed E-state index contributed by atoms with van der Waals surface area (Å²) in [5.41, 5.74) is -0.663. The number of hydrogen-bond donors (Lipinski definition) is 1. The van der Waals surface area contributed by atoms with Crippen molar-refractivity contribution in [1.82, 2.24) is 5.32 Å². The number of unbranched alkanes of at least 4 members (excludes halogenated alkanes) is 20. The molecule has 0 aromatic rings. The van der Waals surface area contributed by atoms with E-state index in [2.05, 4.69) is 33.0 Å². The first-order valence-electron chi connectivity index (χ1n) is 22.5. The van der Waals surface area contributed by atoms with E-state index < -0.39 is 17.8 Å². The summed E-state index contributed by atoms with van der Waals surface area (Å²) in [7, 11) is 1.72. The molecule has 0 bridgehead atoms. The number of nitrogens with one attached hydrogen (secondary N) is 1. The van der Waals surface area contributed by atoms with Gasteiger partial charge in [-0.25, -0.2) is 4.79 Å². The molecule has 2 atom stereocenters. The summed E-state index contributed by atoms with van der Waals surface area (Å²) in [6, 6.07) is 0. The van der Waals surface area contributed by atoms with Crippen molar-refractivity contribution in [3.05, 3.63) is 0 Å². The normalized spacial score (nSPS) is 13.3. The van der Waals surface area contributed by atoms with Gasteiger partial charge in [0.15, 0.2) is 0 Å². The van der Waals surface area contributed by atoms with Crippen LogP contribution in [-0.2, 0) is 33.3 Å². The van der Waals surface area contributed by atoms with E-state index in [-0.39, 0.29) is 37.3 Å². The van der Waals surface area contributed by atoms with Crippen LogP contribution in [0.2, 0.25) is 0 Å². The molecule has 0 aliphatic carbocycles. The maximum absolute atomic E-state index is 12.7. The number of amides is 1. The van der Waals surface area contributed by atoms with Gasteiger partial charge in [-0.1, -0.05) is 149 Å². The molecule has 0 saturated carbocycles. The molecule has 0 heterocycles. The van der Waals surface area contributed by atoms with E-state index in [4.69, 9.17) is 23.7 Å². The van der Waals surface area contributed by atoms with Crippen molar-refractivity contribution < 1.29 is 38.1 Å². The summed E-state index contributed by atoms with van der Waals surface area (Å²) in [4.78, 5) is 37.7. The standard InChI is InChI=1S/C45H87NO8/c1-8-11-13-15-17-19-21-23-25-27-29-31-41(47)52-39-40(54-42(48)32-30-28-26-24-22-20-18-16-14-12-9-2)33-36-46-43(49)51-37-34-44(4,5)53-38-35-45(6,10-3)50-7/h40H,8-39H2,1-7H3,(H,46,49). The molecule has 0 aromatic carbocycles. The Morgan fingerprint density at radius 2 is 1.04 bits per heavy atom. The third-order valence-corrected chi connectivity index (χ3v) is 10.7. The largest absolute Gasteiger partial charge is 0.462 e. The Bertz CT molecular complexity index is 891. The number of carbonyl (C=O) groups excluding carboxylic acids is 3. The average molecular weight is 770 g/mol. The molecule has 0 rings (SSSR count). The summed E-state index contributed by atoms with van der Waals surface area (Å²) in [5.74, 6) is -0.553. The molecule has 0 saturated heterocycles. The topological polar surface area (TPSA) is 109 Å². The highest BCUT2D eigenvalue weighted by atomic mass is 16.6. The minimum Gasteiger partial charge on any atom is -0.462 e. The third-order valence-electron chi connectivity index (χ3n) is 10.7. The van der Waals surface area contributed by atoms with E-state index in [0.717, 1.165) is 51.4 Å². The highest BCUT2D eigenvalue weighted by Crippen LogP contribution is 2.22. The Hall–Kier alpha value is -1.87.